The van der Waals surface area contributed by atoms with E-state index in [9.17, 15) is 9.59 Å². The molecule has 0 bridgehead atoms. The van der Waals surface area contributed by atoms with Crippen LogP contribution in [0.15, 0.2) is 34.8 Å². The fraction of sp³-hybridized carbons (Fsp3) is 0.333. The molecule has 0 aliphatic carbocycles. The van der Waals surface area contributed by atoms with Crippen molar-refractivity contribution in [1.82, 2.24) is 0 Å². The van der Waals surface area contributed by atoms with E-state index in [0.717, 1.165) is 43.2 Å². The van der Waals surface area contributed by atoms with Crippen molar-refractivity contribution in [2.24, 2.45) is 0 Å². The van der Waals surface area contributed by atoms with Crippen molar-refractivity contribution in [2.75, 3.05) is 25.1 Å². The highest BCUT2D eigenvalue weighted by Gasteiger charge is 2.27. The van der Waals surface area contributed by atoms with E-state index in [0.29, 0.717) is 16.7 Å². The van der Waals surface area contributed by atoms with Crippen LogP contribution < -0.4 is 4.90 Å². The zero-order valence-corrected chi connectivity index (χ0v) is 16.3. The number of hydrogen-bond acceptors (Lipinski definition) is 4. The van der Waals surface area contributed by atoms with Crippen molar-refractivity contribution >= 4 is 33.4 Å². The number of esters is 1. The van der Waals surface area contributed by atoms with Gasteiger partial charge in [-0.25, -0.2) is 4.79 Å². The summed E-state index contributed by atoms with van der Waals surface area (Å²) in [5, 5.41) is 0. The number of hydrogen-bond donors (Lipinski definition) is 0. The fourth-order valence-corrected chi connectivity index (χ4v) is 4.44. The van der Waals surface area contributed by atoms with Crippen molar-refractivity contribution in [1.29, 1.82) is 0 Å². The molecule has 0 atom stereocenters. The first-order chi connectivity index (χ1) is 12.6. The molecule has 2 aromatic rings. The molecule has 26 heavy (non-hydrogen) atoms. The Morgan fingerprint density at radius 3 is 2.27 bits per heavy atom. The fourth-order valence-electron chi connectivity index (χ4n) is 4.08. The Morgan fingerprint density at radius 1 is 1.00 bits per heavy atom. The summed E-state index contributed by atoms with van der Waals surface area (Å²) in [6.45, 7) is 2.21. The molecule has 134 valence electrons. The average Bonchev–Trinajstić information content (AvgIpc) is 2.67. The lowest BCUT2D eigenvalue weighted by molar-refractivity contribution is 0.0597. The molecule has 2 aliphatic rings. The van der Waals surface area contributed by atoms with E-state index in [1.807, 2.05) is 12.1 Å². The van der Waals surface area contributed by atoms with Gasteiger partial charge in [0.2, 0.25) is 0 Å². The molecule has 2 aliphatic heterocycles. The molecule has 0 aromatic heterocycles. The van der Waals surface area contributed by atoms with E-state index in [1.165, 1.54) is 23.9 Å². The number of carbonyl (C=O) groups is 2. The van der Waals surface area contributed by atoms with Gasteiger partial charge in [0, 0.05) is 34.4 Å². The van der Waals surface area contributed by atoms with Gasteiger partial charge in [0.1, 0.15) is 0 Å². The van der Waals surface area contributed by atoms with Crippen LogP contribution in [0.5, 0.6) is 0 Å². The lowest BCUT2D eigenvalue weighted by Crippen LogP contribution is -2.34. The van der Waals surface area contributed by atoms with Gasteiger partial charge in [-0.15, -0.1) is 0 Å². The smallest absolute Gasteiger partial charge is 0.338 e. The maximum absolute atomic E-state index is 13.3. The number of halogens is 1. The quantitative estimate of drug-likeness (QED) is 0.559. The Labute approximate surface area is 161 Å². The number of methoxy groups -OCH3 is 1. The second-order valence-corrected chi connectivity index (χ2v) is 7.76. The summed E-state index contributed by atoms with van der Waals surface area (Å²) < 4.78 is 5.61. The molecular formula is C21H20BrNO3. The Hall–Kier alpha value is -2.14. The molecule has 0 unspecified atom stereocenters. The predicted molar refractivity (Wildman–Crippen MR) is 104 cm³/mol. The predicted octanol–water partition coefficient (Wildman–Crippen LogP) is 4.17. The van der Waals surface area contributed by atoms with Crippen LogP contribution in [0, 0.1) is 0 Å². The van der Waals surface area contributed by atoms with Crippen LogP contribution in [0.3, 0.4) is 0 Å². The van der Waals surface area contributed by atoms with E-state index in [1.54, 1.807) is 18.2 Å². The molecule has 0 spiro atoms. The molecular weight excluding hydrogens is 394 g/mol. The first-order valence-corrected chi connectivity index (χ1v) is 9.71. The highest BCUT2D eigenvalue weighted by atomic mass is 79.9. The molecule has 2 aromatic carbocycles. The van der Waals surface area contributed by atoms with Gasteiger partial charge in [0.15, 0.2) is 5.78 Å². The number of anilines is 1. The normalized spacial score (nSPS) is 15.4. The van der Waals surface area contributed by atoms with Crippen molar-refractivity contribution in [3.05, 3.63) is 62.6 Å². The molecule has 0 saturated carbocycles. The van der Waals surface area contributed by atoms with Crippen LogP contribution in [-0.2, 0) is 17.6 Å². The van der Waals surface area contributed by atoms with Crippen LogP contribution >= 0.6 is 15.9 Å². The minimum absolute atomic E-state index is 0.131. The summed E-state index contributed by atoms with van der Waals surface area (Å²) >= 11 is 3.40. The standard InChI is InChI=1S/C21H20BrNO3/c1-26-21(25)17-7-6-16(22)12-18(17)20(24)15-10-13-4-2-8-23-9-3-5-14(11-15)19(13)23/h6-7,10-12H,2-5,8-9H2,1H3. The van der Waals surface area contributed by atoms with Gasteiger partial charge in [-0.1, -0.05) is 15.9 Å². The van der Waals surface area contributed by atoms with E-state index >= 15 is 0 Å². The van der Waals surface area contributed by atoms with E-state index in [-0.39, 0.29) is 5.78 Å². The second-order valence-electron chi connectivity index (χ2n) is 6.85. The van der Waals surface area contributed by atoms with Gasteiger partial charge >= 0.3 is 5.97 Å². The van der Waals surface area contributed by atoms with Gasteiger partial charge < -0.3 is 9.64 Å². The second kappa shape index (κ2) is 6.88. The first kappa shape index (κ1) is 17.3. The third-order valence-electron chi connectivity index (χ3n) is 5.23. The zero-order chi connectivity index (χ0) is 18.3. The summed E-state index contributed by atoms with van der Waals surface area (Å²) in [6, 6.07) is 9.11. The van der Waals surface area contributed by atoms with E-state index in [2.05, 4.69) is 20.8 Å². The van der Waals surface area contributed by atoms with Crippen LogP contribution in [0.1, 0.15) is 50.2 Å². The van der Waals surface area contributed by atoms with Gasteiger partial charge in [-0.3, -0.25) is 4.79 Å². The molecule has 4 nitrogen and oxygen atoms in total. The maximum atomic E-state index is 13.3. The maximum Gasteiger partial charge on any atom is 0.338 e. The summed E-state index contributed by atoms with van der Waals surface area (Å²) in [5.74, 6) is -0.625. The summed E-state index contributed by atoms with van der Waals surface area (Å²) in [7, 11) is 1.33. The van der Waals surface area contributed by atoms with Crippen molar-refractivity contribution in [3.8, 4) is 0 Å². The number of ether oxygens (including phenoxy) is 1. The average molecular weight is 414 g/mol. The number of nitrogens with zero attached hydrogens (tertiary/aromatic N) is 1. The van der Waals surface area contributed by atoms with Crippen LogP contribution in [0.4, 0.5) is 5.69 Å². The lowest BCUT2D eigenvalue weighted by Gasteiger charge is -2.37. The summed E-state index contributed by atoms with van der Waals surface area (Å²) in [6.07, 6.45) is 4.24. The minimum atomic E-state index is -0.494. The lowest BCUT2D eigenvalue weighted by atomic mass is 9.87. The molecule has 0 saturated heterocycles. The highest BCUT2D eigenvalue weighted by molar-refractivity contribution is 9.10. The first-order valence-electron chi connectivity index (χ1n) is 8.92. The van der Waals surface area contributed by atoms with Gasteiger partial charge in [-0.05, 0) is 67.1 Å². The highest BCUT2D eigenvalue weighted by Crippen LogP contribution is 2.36. The Kier molecular flexibility index (Phi) is 4.57. The van der Waals surface area contributed by atoms with Crippen LogP contribution in [-0.4, -0.2) is 32.0 Å². The Morgan fingerprint density at radius 2 is 1.65 bits per heavy atom. The summed E-state index contributed by atoms with van der Waals surface area (Å²) in [5.41, 5.74) is 5.18. The SMILES string of the molecule is COC(=O)c1ccc(Br)cc1C(=O)c1cc2c3c(c1)CCCN3CCC2. The number of benzene rings is 2. The van der Waals surface area contributed by atoms with E-state index in [4.69, 9.17) is 4.74 Å². The third kappa shape index (κ3) is 2.94. The number of aryl methyl sites for hydroxylation is 2. The zero-order valence-electron chi connectivity index (χ0n) is 14.7. The molecule has 0 radical (unpaired) electrons. The van der Waals surface area contributed by atoms with Gasteiger partial charge in [-0.2, -0.15) is 0 Å². The van der Waals surface area contributed by atoms with E-state index < -0.39 is 5.97 Å². The number of carbonyl (C=O) groups excluding carboxylic acids is 2. The van der Waals surface area contributed by atoms with Crippen molar-refractivity contribution < 1.29 is 14.3 Å². The Balaban J connectivity index is 1.81. The van der Waals surface area contributed by atoms with Crippen molar-refractivity contribution in [3.63, 3.8) is 0 Å². The third-order valence-corrected chi connectivity index (χ3v) is 5.72. The monoisotopic (exact) mass is 413 g/mol. The molecule has 2 heterocycles. The molecule has 5 heteroatoms. The van der Waals surface area contributed by atoms with Crippen LogP contribution in [0.25, 0.3) is 0 Å². The minimum Gasteiger partial charge on any atom is -0.465 e. The van der Waals surface area contributed by atoms with Gasteiger partial charge in [0.05, 0.1) is 12.7 Å². The summed E-state index contributed by atoms with van der Waals surface area (Å²) in [4.78, 5) is 27.8. The molecule has 0 amide bonds. The molecule has 4 rings (SSSR count). The van der Waals surface area contributed by atoms with Gasteiger partial charge in [0.25, 0.3) is 0 Å². The number of rotatable bonds is 3. The largest absolute Gasteiger partial charge is 0.465 e. The molecule has 0 fully saturated rings. The Bertz CT molecular complexity index is 875. The topological polar surface area (TPSA) is 46.6 Å². The molecule has 0 N–H and O–H groups in total. The van der Waals surface area contributed by atoms with Crippen LogP contribution in [0.2, 0.25) is 0 Å². The van der Waals surface area contributed by atoms with Crippen molar-refractivity contribution in [2.45, 2.75) is 25.7 Å². The number of ketones is 1.